The van der Waals surface area contributed by atoms with E-state index in [1.165, 1.54) is 0 Å². The van der Waals surface area contributed by atoms with E-state index >= 15 is 0 Å². The van der Waals surface area contributed by atoms with Gasteiger partial charge >= 0.3 is 12.1 Å². The molecule has 1 aromatic rings. The number of carboxylic acids is 1. The second-order valence-corrected chi connectivity index (χ2v) is 4.66. The number of carbonyl (C=O) groups is 2. The summed E-state index contributed by atoms with van der Waals surface area (Å²) in [6, 6.07) is 8.91. The number of unbranched alkanes of at least 4 members (excludes halogenated alkanes) is 1. The lowest BCUT2D eigenvalue weighted by Crippen LogP contribution is -2.34. The highest BCUT2D eigenvalue weighted by Crippen LogP contribution is 2.02. The normalized spacial score (nSPS) is 11.7. The minimum absolute atomic E-state index is 0.244. The smallest absolute Gasteiger partial charge is 0.407 e. The fourth-order valence-electron chi connectivity index (χ4n) is 1.83. The third kappa shape index (κ3) is 7.31. The number of ether oxygens (including phenoxy) is 1. The van der Waals surface area contributed by atoms with E-state index in [2.05, 4.69) is 10.6 Å². The lowest BCUT2D eigenvalue weighted by molar-refractivity contribution is -0.139. The molecule has 1 aromatic carbocycles. The molecule has 6 nitrogen and oxygen atoms in total. The van der Waals surface area contributed by atoms with Crippen LogP contribution in [0.3, 0.4) is 0 Å². The molecular weight excluding hydrogens is 272 g/mol. The number of aliphatic carboxylic acids is 1. The first kappa shape index (κ1) is 17.0. The van der Waals surface area contributed by atoms with E-state index in [9.17, 15) is 9.59 Å². The van der Waals surface area contributed by atoms with Crippen LogP contribution in [0, 0.1) is 0 Å². The van der Waals surface area contributed by atoms with Crippen molar-refractivity contribution in [3.63, 3.8) is 0 Å². The van der Waals surface area contributed by atoms with E-state index < -0.39 is 18.1 Å². The predicted octanol–water partition coefficient (Wildman–Crippen LogP) is 1.76. The fraction of sp³-hybridized carbons (Fsp3) is 0.467. The lowest BCUT2D eigenvalue weighted by Gasteiger charge is -2.11. The summed E-state index contributed by atoms with van der Waals surface area (Å²) in [5.74, 6) is -0.854. The molecule has 0 fully saturated rings. The Hall–Kier alpha value is -2.08. The average molecular weight is 294 g/mol. The molecule has 0 bridgehead atoms. The fourth-order valence-corrected chi connectivity index (χ4v) is 1.83. The number of carboxylic acid groups (broad SMARTS) is 1. The zero-order chi connectivity index (χ0) is 15.5. The number of benzene rings is 1. The van der Waals surface area contributed by atoms with Crippen molar-refractivity contribution in [1.29, 1.82) is 0 Å². The van der Waals surface area contributed by atoms with E-state index in [4.69, 9.17) is 9.84 Å². The zero-order valence-electron chi connectivity index (χ0n) is 12.2. The second kappa shape index (κ2) is 9.77. The van der Waals surface area contributed by atoms with Gasteiger partial charge in [0.1, 0.15) is 12.6 Å². The number of alkyl carbamates (subject to hydrolysis) is 1. The van der Waals surface area contributed by atoms with E-state index in [0.29, 0.717) is 19.4 Å². The molecule has 0 radical (unpaired) electrons. The Balaban J connectivity index is 2.07. The quantitative estimate of drug-likeness (QED) is 0.604. The zero-order valence-corrected chi connectivity index (χ0v) is 12.2. The van der Waals surface area contributed by atoms with Crippen molar-refractivity contribution in [3.8, 4) is 0 Å². The summed E-state index contributed by atoms with van der Waals surface area (Å²) in [5.41, 5.74) is 0.936. The number of carbonyl (C=O) groups excluding carboxylic acids is 1. The van der Waals surface area contributed by atoms with Gasteiger partial charge in [0, 0.05) is 6.54 Å². The van der Waals surface area contributed by atoms with Gasteiger partial charge in [-0.1, -0.05) is 30.3 Å². The van der Waals surface area contributed by atoms with Crippen LogP contribution in [0.4, 0.5) is 4.79 Å². The molecule has 1 atom stereocenters. The van der Waals surface area contributed by atoms with Crippen LogP contribution < -0.4 is 10.6 Å². The Bertz CT molecular complexity index is 437. The Labute approximate surface area is 124 Å². The second-order valence-electron chi connectivity index (χ2n) is 4.66. The lowest BCUT2D eigenvalue weighted by atomic mass is 10.1. The summed E-state index contributed by atoms with van der Waals surface area (Å²) in [6.07, 6.45) is 1.51. The summed E-state index contributed by atoms with van der Waals surface area (Å²) in [7, 11) is 1.62. The number of amides is 1. The first-order valence-corrected chi connectivity index (χ1v) is 6.98. The van der Waals surface area contributed by atoms with Crippen LogP contribution >= 0.6 is 0 Å². The molecular formula is C15H22N2O4. The number of hydrogen-bond donors (Lipinski definition) is 3. The molecule has 0 aromatic heterocycles. The number of hydrogen-bond acceptors (Lipinski definition) is 4. The first-order valence-electron chi connectivity index (χ1n) is 6.98. The summed E-state index contributed by atoms with van der Waals surface area (Å²) in [4.78, 5) is 22.2. The molecule has 0 aliphatic heterocycles. The number of likely N-dealkylation sites (N-methyl/N-ethyl adjacent to an activating group) is 1. The van der Waals surface area contributed by atoms with Gasteiger partial charge in [-0.05, 0) is 31.9 Å². The van der Waals surface area contributed by atoms with Gasteiger partial charge in [-0.3, -0.25) is 4.79 Å². The monoisotopic (exact) mass is 294 g/mol. The molecule has 21 heavy (non-hydrogen) atoms. The van der Waals surface area contributed by atoms with Crippen molar-refractivity contribution in [3.05, 3.63) is 35.9 Å². The van der Waals surface area contributed by atoms with Gasteiger partial charge in [0.2, 0.25) is 0 Å². The summed E-state index contributed by atoms with van der Waals surface area (Å²) in [6.45, 7) is 0.719. The van der Waals surface area contributed by atoms with Crippen molar-refractivity contribution < 1.29 is 19.4 Å². The Morgan fingerprint density at radius 3 is 2.57 bits per heavy atom. The standard InChI is InChI=1S/C15H22N2O4/c1-16-13(14(18)19)9-5-6-10-17-15(20)21-11-12-7-3-2-4-8-12/h2-4,7-8,13,16H,5-6,9-11H2,1H3,(H,17,20)(H,18,19)/t13-/m1/s1. The van der Waals surface area contributed by atoms with Crippen LogP contribution in [0.25, 0.3) is 0 Å². The predicted molar refractivity (Wildman–Crippen MR) is 79.0 cm³/mol. The van der Waals surface area contributed by atoms with Crippen molar-refractivity contribution in [2.24, 2.45) is 0 Å². The molecule has 1 amide bonds. The molecule has 0 aliphatic carbocycles. The molecule has 0 saturated carbocycles. The minimum atomic E-state index is -0.854. The maximum atomic E-state index is 11.4. The van der Waals surface area contributed by atoms with E-state index in [1.807, 2.05) is 30.3 Å². The highest BCUT2D eigenvalue weighted by Gasteiger charge is 2.13. The Morgan fingerprint density at radius 2 is 1.95 bits per heavy atom. The third-order valence-corrected chi connectivity index (χ3v) is 3.05. The molecule has 6 heteroatoms. The van der Waals surface area contributed by atoms with Gasteiger partial charge in [-0.2, -0.15) is 0 Å². The van der Waals surface area contributed by atoms with Gasteiger partial charge in [0.25, 0.3) is 0 Å². The highest BCUT2D eigenvalue weighted by molar-refractivity contribution is 5.73. The summed E-state index contributed by atoms with van der Waals surface area (Å²) < 4.78 is 5.06. The summed E-state index contributed by atoms with van der Waals surface area (Å²) in [5, 5.41) is 14.2. The molecule has 116 valence electrons. The van der Waals surface area contributed by atoms with Crippen molar-refractivity contribution in [2.45, 2.75) is 31.9 Å². The largest absolute Gasteiger partial charge is 0.480 e. The minimum Gasteiger partial charge on any atom is -0.480 e. The maximum absolute atomic E-state index is 11.4. The van der Waals surface area contributed by atoms with Crippen LogP contribution in [0.2, 0.25) is 0 Å². The van der Waals surface area contributed by atoms with Gasteiger partial charge in [-0.15, -0.1) is 0 Å². The number of rotatable bonds is 9. The van der Waals surface area contributed by atoms with Gasteiger partial charge < -0.3 is 20.5 Å². The van der Waals surface area contributed by atoms with Crippen molar-refractivity contribution in [2.75, 3.05) is 13.6 Å². The number of nitrogens with one attached hydrogen (secondary N) is 2. The summed E-state index contributed by atoms with van der Waals surface area (Å²) >= 11 is 0. The SMILES string of the molecule is CN[C@H](CCCCNC(=O)OCc1ccccc1)C(=O)O. The molecule has 0 saturated heterocycles. The van der Waals surface area contributed by atoms with Crippen LogP contribution in [-0.2, 0) is 16.1 Å². The topological polar surface area (TPSA) is 87.7 Å². The van der Waals surface area contributed by atoms with E-state index in [1.54, 1.807) is 7.05 Å². The van der Waals surface area contributed by atoms with Gasteiger partial charge in [-0.25, -0.2) is 4.79 Å². The molecule has 0 aliphatic rings. The molecule has 0 spiro atoms. The Morgan fingerprint density at radius 1 is 1.24 bits per heavy atom. The van der Waals surface area contributed by atoms with Crippen molar-refractivity contribution in [1.82, 2.24) is 10.6 Å². The maximum Gasteiger partial charge on any atom is 0.407 e. The first-order chi connectivity index (χ1) is 10.1. The molecule has 0 unspecified atom stereocenters. The van der Waals surface area contributed by atoms with Crippen LogP contribution in [-0.4, -0.2) is 36.8 Å². The van der Waals surface area contributed by atoms with Crippen LogP contribution in [0.5, 0.6) is 0 Å². The molecule has 1 rings (SSSR count). The van der Waals surface area contributed by atoms with Gasteiger partial charge in [0.15, 0.2) is 0 Å². The Kier molecular flexibility index (Phi) is 7.89. The molecule has 3 N–H and O–H groups in total. The van der Waals surface area contributed by atoms with E-state index in [-0.39, 0.29) is 6.61 Å². The van der Waals surface area contributed by atoms with Crippen LogP contribution in [0.15, 0.2) is 30.3 Å². The van der Waals surface area contributed by atoms with E-state index in [0.717, 1.165) is 12.0 Å². The van der Waals surface area contributed by atoms with Crippen molar-refractivity contribution >= 4 is 12.1 Å². The van der Waals surface area contributed by atoms with Crippen LogP contribution in [0.1, 0.15) is 24.8 Å². The van der Waals surface area contributed by atoms with Gasteiger partial charge in [0.05, 0.1) is 0 Å². The third-order valence-electron chi connectivity index (χ3n) is 3.05. The molecule has 0 heterocycles. The highest BCUT2D eigenvalue weighted by atomic mass is 16.5. The average Bonchev–Trinajstić information content (AvgIpc) is 2.49.